The second-order valence-corrected chi connectivity index (χ2v) is 2.81. The maximum absolute atomic E-state index is 9.65. The number of rotatable bonds is 2. The summed E-state index contributed by atoms with van der Waals surface area (Å²) in [5, 5.41) is 0. The van der Waals surface area contributed by atoms with E-state index in [0.717, 1.165) is 4.24 Å². The predicted molar refractivity (Wildman–Crippen MR) is 39.7 cm³/mol. The highest BCUT2D eigenvalue weighted by atomic mass is 32.2. The molecule has 0 N–H and O–H groups in total. The van der Waals surface area contributed by atoms with Crippen molar-refractivity contribution in [3.8, 4) is 0 Å². The molecule has 3 heteroatoms. The van der Waals surface area contributed by atoms with Crippen LogP contribution in [0.25, 0.3) is 0 Å². The summed E-state index contributed by atoms with van der Waals surface area (Å²) in [7, 11) is 0. The van der Waals surface area contributed by atoms with Gasteiger partial charge in [0.2, 0.25) is 0 Å². The molecule has 0 aliphatic rings. The lowest BCUT2D eigenvalue weighted by Crippen LogP contribution is -1.58. The van der Waals surface area contributed by atoms with Gasteiger partial charge in [-0.3, -0.25) is 0 Å². The van der Waals surface area contributed by atoms with E-state index < -0.39 is 0 Å². The van der Waals surface area contributed by atoms with E-state index >= 15 is 0 Å². The quantitative estimate of drug-likeness (QED) is 0.434. The van der Waals surface area contributed by atoms with Gasteiger partial charge in [-0.2, -0.15) is 0 Å². The van der Waals surface area contributed by atoms with Gasteiger partial charge >= 0.3 is 0 Å². The smallest absolute Gasteiger partial charge is 0.178 e. The number of hydrogen-bond acceptors (Lipinski definition) is 3. The first-order valence-electron chi connectivity index (χ1n) is 1.93. The van der Waals surface area contributed by atoms with Crippen molar-refractivity contribution in [2.75, 3.05) is 12.5 Å². The molecule has 0 bridgehead atoms. The van der Waals surface area contributed by atoms with Gasteiger partial charge in [-0.25, -0.2) is 4.79 Å². The topological polar surface area (TPSA) is 17.1 Å². The normalized spacial score (nSPS) is 7.25. The van der Waals surface area contributed by atoms with E-state index in [1.54, 1.807) is 5.94 Å². The number of hydrogen-bond donors (Lipinski definition) is 0. The summed E-state index contributed by atoms with van der Waals surface area (Å²) in [6.45, 7) is 0. The van der Waals surface area contributed by atoms with Gasteiger partial charge in [-0.05, 0) is 18.2 Å². The number of thioether (sulfide) groups is 2. The van der Waals surface area contributed by atoms with Gasteiger partial charge in [0, 0.05) is 0 Å². The van der Waals surface area contributed by atoms with E-state index in [0.29, 0.717) is 0 Å². The van der Waals surface area contributed by atoms with Gasteiger partial charge in [0.15, 0.2) is 5.94 Å². The van der Waals surface area contributed by atoms with Crippen molar-refractivity contribution >= 4 is 29.5 Å². The predicted octanol–water partition coefficient (Wildman–Crippen LogP) is 1.54. The zero-order valence-electron chi connectivity index (χ0n) is 4.72. The van der Waals surface area contributed by atoms with Crippen LogP contribution < -0.4 is 0 Å². The Labute approximate surface area is 57.2 Å². The summed E-state index contributed by atoms with van der Waals surface area (Å²) in [5.41, 5.74) is 2.42. The zero-order valence-corrected chi connectivity index (χ0v) is 6.36. The van der Waals surface area contributed by atoms with Crippen LogP contribution >= 0.6 is 23.5 Å². The molecular weight excluding hydrogens is 140 g/mol. The largest absolute Gasteiger partial charge is 0.224 e. The molecule has 1 nitrogen and oxygen atoms in total. The van der Waals surface area contributed by atoms with E-state index in [1.807, 2.05) is 12.5 Å². The highest BCUT2D eigenvalue weighted by Gasteiger charge is 1.84. The molecule has 0 unspecified atom stereocenters. The van der Waals surface area contributed by atoms with Crippen molar-refractivity contribution in [2.45, 2.75) is 0 Å². The van der Waals surface area contributed by atoms with Crippen LogP contribution in [0.15, 0.2) is 9.97 Å². The van der Waals surface area contributed by atoms with Crippen LogP contribution in [0, 0.1) is 0 Å². The molecule has 0 aromatic carbocycles. The summed E-state index contributed by atoms with van der Waals surface area (Å²) in [6.07, 6.45) is 3.80. The minimum absolute atomic E-state index is 0.875. The third-order valence-corrected chi connectivity index (χ3v) is 2.47. The summed E-state index contributed by atoms with van der Waals surface area (Å²) in [4.78, 5) is 9.65. The first-order valence-corrected chi connectivity index (χ1v) is 4.38. The second-order valence-electron chi connectivity index (χ2n) is 0.923. The molecule has 0 aromatic rings. The van der Waals surface area contributed by atoms with Gasteiger partial charge in [0.25, 0.3) is 0 Å². The molecule has 0 saturated carbocycles. The first-order chi connectivity index (χ1) is 3.85. The molecule has 0 fully saturated rings. The fraction of sp³-hybridized carbons (Fsp3) is 0.400. The van der Waals surface area contributed by atoms with Crippen molar-refractivity contribution in [2.24, 2.45) is 0 Å². The molecule has 8 heavy (non-hydrogen) atoms. The van der Waals surface area contributed by atoms with Crippen LogP contribution in [0.3, 0.4) is 0 Å². The highest BCUT2D eigenvalue weighted by Crippen LogP contribution is 2.20. The Balaban J connectivity index is 4.08. The van der Waals surface area contributed by atoms with Crippen LogP contribution in [0.1, 0.15) is 0 Å². The Kier molecular flexibility index (Phi) is 5.03. The standard InChI is InChI=1S/C5H6OS2/c1-7-5(8-2)3-4-6/h1-2H3. The average molecular weight is 146 g/mol. The van der Waals surface area contributed by atoms with Gasteiger partial charge in [-0.15, -0.1) is 23.5 Å². The van der Waals surface area contributed by atoms with E-state index in [-0.39, 0.29) is 0 Å². The molecule has 0 aromatic heterocycles. The molecule has 0 rings (SSSR count). The van der Waals surface area contributed by atoms with E-state index in [2.05, 4.69) is 5.73 Å². The Morgan fingerprint density at radius 1 is 1.38 bits per heavy atom. The van der Waals surface area contributed by atoms with Crippen molar-refractivity contribution < 1.29 is 4.79 Å². The molecule has 0 aliphatic heterocycles. The highest BCUT2D eigenvalue weighted by molar-refractivity contribution is 8.21. The van der Waals surface area contributed by atoms with Crippen LogP contribution in [0.2, 0.25) is 0 Å². The molecular formula is C5H6OS2. The van der Waals surface area contributed by atoms with Gasteiger partial charge in [0.05, 0.1) is 4.24 Å². The molecule has 0 spiro atoms. The zero-order chi connectivity index (χ0) is 6.41. The fourth-order valence-electron chi connectivity index (χ4n) is 0.227. The SMILES string of the molecule is CSC(=C=C=O)SC. The van der Waals surface area contributed by atoms with Crippen molar-refractivity contribution in [1.82, 2.24) is 0 Å². The van der Waals surface area contributed by atoms with Crippen LogP contribution in [-0.4, -0.2) is 18.5 Å². The molecule has 0 radical (unpaired) electrons. The molecule has 0 aliphatic carbocycles. The van der Waals surface area contributed by atoms with Crippen molar-refractivity contribution in [1.29, 1.82) is 0 Å². The molecule has 44 valence electrons. The van der Waals surface area contributed by atoms with Gasteiger partial charge in [0.1, 0.15) is 0 Å². The van der Waals surface area contributed by atoms with Gasteiger partial charge < -0.3 is 0 Å². The van der Waals surface area contributed by atoms with Crippen molar-refractivity contribution in [3.05, 3.63) is 9.97 Å². The third-order valence-electron chi connectivity index (χ3n) is 0.524. The molecule has 0 atom stereocenters. The van der Waals surface area contributed by atoms with E-state index in [1.165, 1.54) is 23.5 Å². The minimum Gasteiger partial charge on any atom is -0.224 e. The van der Waals surface area contributed by atoms with E-state index in [4.69, 9.17) is 0 Å². The van der Waals surface area contributed by atoms with Crippen LogP contribution in [0.4, 0.5) is 0 Å². The maximum Gasteiger partial charge on any atom is 0.178 e. The summed E-state index contributed by atoms with van der Waals surface area (Å²) in [5.74, 6) is 1.59. The maximum atomic E-state index is 9.65. The summed E-state index contributed by atoms with van der Waals surface area (Å²) < 4.78 is 0.875. The lowest BCUT2D eigenvalue weighted by Gasteiger charge is -1.87. The van der Waals surface area contributed by atoms with Gasteiger partial charge in [-0.1, -0.05) is 0 Å². The summed E-state index contributed by atoms with van der Waals surface area (Å²) in [6, 6.07) is 0. The molecule has 0 heterocycles. The first kappa shape index (κ1) is 7.93. The molecule has 0 saturated heterocycles. The van der Waals surface area contributed by atoms with E-state index in [9.17, 15) is 4.79 Å². The lowest BCUT2D eigenvalue weighted by molar-refractivity contribution is 0.569. The minimum atomic E-state index is 0.875. The monoisotopic (exact) mass is 146 g/mol. The average Bonchev–Trinajstić information content (AvgIpc) is 1.83. The second kappa shape index (κ2) is 5.07. The third kappa shape index (κ3) is 3.00. The summed E-state index contributed by atoms with van der Waals surface area (Å²) >= 11 is 3.00. The lowest BCUT2D eigenvalue weighted by atomic mass is 11.0. The van der Waals surface area contributed by atoms with Crippen molar-refractivity contribution in [3.63, 3.8) is 0 Å². The molecule has 0 amide bonds. The Hall–Kier alpha value is -0.0700. The van der Waals surface area contributed by atoms with Crippen LogP contribution in [0.5, 0.6) is 0 Å². The number of carbonyl (C=O) groups excluding carboxylic acids is 1. The van der Waals surface area contributed by atoms with Crippen LogP contribution in [-0.2, 0) is 4.79 Å². The Bertz CT molecular complexity index is 135. The Morgan fingerprint density at radius 3 is 2.00 bits per heavy atom. The fourth-order valence-corrected chi connectivity index (χ4v) is 1.18. The Morgan fingerprint density at radius 2 is 1.88 bits per heavy atom.